The maximum atomic E-state index is 12.4. The van der Waals surface area contributed by atoms with E-state index < -0.39 is 0 Å². The summed E-state index contributed by atoms with van der Waals surface area (Å²) in [5, 5.41) is 3.03. The van der Waals surface area contributed by atoms with Crippen LogP contribution in [-0.4, -0.2) is 26.7 Å². The number of hydrogen-bond donors (Lipinski definition) is 1. The van der Waals surface area contributed by atoms with Crippen molar-refractivity contribution in [2.24, 2.45) is 0 Å². The number of methoxy groups -OCH3 is 2. The van der Waals surface area contributed by atoms with Gasteiger partial charge in [-0.25, -0.2) is 0 Å². The Morgan fingerprint density at radius 1 is 1.08 bits per heavy atom. The molecule has 0 radical (unpaired) electrons. The number of ether oxygens (including phenoxy) is 3. The molecule has 1 atom stereocenters. The first-order valence-corrected chi connectivity index (χ1v) is 8.81. The van der Waals surface area contributed by atoms with Gasteiger partial charge in [0.15, 0.2) is 0 Å². The molecule has 2 rings (SSSR count). The third-order valence-electron chi connectivity index (χ3n) is 4.17. The highest BCUT2D eigenvalue weighted by atomic mass is 16.5. The maximum absolute atomic E-state index is 12.4. The third-order valence-corrected chi connectivity index (χ3v) is 4.17. The van der Waals surface area contributed by atoms with Gasteiger partial charge in [-0.3, -0.25) is 4.79 Å². The van der Waals surface area contributed by atoms with Gasteiger partial charge in [-0.1, -0.05) is 18.2 Å². The molecule has 0 heterocycles. The zero-order chi connectivity index (χ0) is 18.9. The number of aryl methyl sites for hydroxylation is 1. The lowest BCUT2D eigenvalue weighted by molar-refractivity contribution is -0.121. The Labute approximate surface area is 155 Å². The van der Waals surface area contributed by atoms with Crippen LogP contribution >= 0.6 is 0 Å². The van der Waals surface area contributed by atoms with E-state index >= 15 is 0 Å². The van der Waals surface area contributed by atoms with Crippen LogP contribution < -0.4 is 19.5 Å². The van der Waals surface area contributed by atoms with Gasteiger partial charge in [0.25, 0.3) is 0 Å². The van der Waals surface area contributed by atoms with Crippen LogP contribution in [0, 0.1) is 0 Å². The number of rotatable bonds is 9. The van der Waals surface area contributed by atoms with Crippen molar-refractivity contribution in [3.05, 3.63) is 53.6 Å². The molecule has 26 heavy (non-hydrogen) atoms. The van der Waals surface area contributed by atoms with Crippen molar-refractivity contribution in [2.45, 2.75) is 32.7 Å². The van der Waals surface area contributed by atoms with Crippen LogP contribution in [0.1, 0.15) is 37.4 Å². The van der Waals surface area contributed by atoms with Crippen LogP contribution in [-0.2, 0) is 11.2 Å². The first-order chi connectivity index (χ1) is 12.6. The minimum atomic E-state index is -0.185. The summed E-state index contributed by atoms with van der Waals surface area (Å²) in [7, 11) is 3.23. The number of hydrogen-bond acceptors (Lipinski definition) is 4. The fourth-order valence-corrected chi connectivity index (χ4v) is 2.82. The smallest absolute Gasteiger partial charge is 0.220 e. The SMILES string of the molecule is CCOc1ccccc1CCC(=O)NC(C)c1cc(OC)ccc1OC. The molecule has 0 bridgehead atoms. The molecule has 0 fully saturated rings. The van der Waals surface area contributed by atoms with E-state index in [9.17, 15) is 4.79 Å². The van der Waals surface area contributed by atoms with E-state index in [2.05, 4.69) is 5.32 Å². The molecule has 0 aliphatic rings. The number of para-hydroxylation sites is 1. The van der Waals surface area contributed by atoms with Crippen molar-refractivity contribution in [3.8, 4) is 17.2 Å². The lowest BCUT2D eigenvalue weighted by atomic mass is 10.1. The summed E-state index contributed by atoms with van der Waals surface area (Å²) in [4.78, 5) is 12.4. The van der Waals surface area contributed by atoms with Gasteiger partial charge in [0, 0.05) is 12.0 Å². The summed E-state index contributed by atoms with van der Waals surface area (Å²) >= 11 is 0. The molecule has 1 unspecified atom stereocenters. The molecule has 0 aliphatic heterocycles. The average Bonchev–Trinajstić information content (AvgIpc) is 2.67. The fraction of sp³-hybridized carbons (Fsp3) is 0.381. The molecule has 5 nitrogen and oxygen atoms in total. The van der Waals surface area contributed by atoms with Crippen LogP contribution in [0.3, 0.4) is 0 Å². The Morgan fingerprint density at radius 3 is 2.54 bits per heavy atom. The van der Waals surface area contributed by atoms with Crippen molar-refractivity contribution in [1.29, 1.82) is 0 Å². The molecule has 2 aromatic carbocycles. The lowest BCUT2D eigenvalue weighted by Crippen LogP contribution is -2.27. The van der Waals surface area contributed by atoms with E-state index in [0.717, 1.165) is 28.4 Å². The molecule has 1 N–H and O–H groups in total. The summed E-state index contributed by atoms with van der Waals surface area (Å²) in [6.07, 6.45) is 1.02. The van der Waals surface area contributed by atoms with Gasteiger partial charge in [0.1, 0.15) is 17.2 Å². The van der Waals surface area contributed by atoms with E-state index in [-0.39, 0.29) is 11.9 Å². The van der Waals surface area contributed by atoms with Crippen LogP contribution in [0.15, 0.2) is 42.5 Å². The number of amides is 1. The summed E-state index contributed by atoms with van der Waals surface area (Å²) in [5.41, 5.74) is 1.92. The highest BCUT2D eigenvalue weighted by Gasteiger charge is 2.15. The Hall–Kier alpha value is -2.69. The predicted octanol–water partition coefficient (Wildman–Crippen LogP) is 3.91. The second-order valence-corrected chi connectivity index (χ2v) is 5.94. The zero-order valence-corrected chi connectivity index (χ0v) is 15.9. The molecule has 5 heteroatoms. The van der Waals surface area contributed by atoms with E-state index in [0.29, 0.717) is 19.4 Å². The first kappa shape index (κ1) is 19.6. The number of benzene rings is 2. The topological polar surface area (TPSA) is 56.8 Å². The molecular formula is C21H27NO4. The summed E-state index contributed by atoms with van der Waals surface area (Å²) in [5.74, 6) is 2.27. The maximum Gasteiger partial charge on any atom is 0.220 e. The van der Waals surface area contributed by atoms with Gasteiger partial charge in [0.05, 0.1) is 26.9 Å². The molecule has 1 amide bonds. The van der Waals surface area contributed by atoms with Gasteiger partial charge in [0.2, 0.25) is 5.91 Å². The van der Waals surface area contributed by atoms with E-state index in [1.54, 1.807) is 14.2 Å². The van der Waals surface area contributed by atoms with Gasteiger partial charge in [-0.05, 0) is 50.1 Å². The zero-order valence-electron chi connectivity index (χ0n) is 15.9. The Bertz CT molecular complexity index is 730. The molecule has 0 aliphatic carbocycles. The van der Waals surface area contributed by atoms with Gasteiger partial charge < -0.3 is 19.5 Å². The average molecular weight is 357 g/mol. The highest BCUT2D eigenvalue weighted by Crippen LogP contribution is 2.29. The minimum Gasteiger partial charge on any atom is -0.497 e. The summed E-state index contributed by atoms with van der Waals surface area (Å²) < 4.78 is 16.3. The minimum absolute atomic E-state index is 0.0197. The fourth-order valence-electron chi connectivity index (χ4n) is 2.82. The molecule has 0 saturated carbocycles. The molecule has 0 aromatic heterocycles. The van der Waals surface area contributed by atoms with Gasteiger partial charge in [-0.2, -0.15) is 0 Å². The standard InChI is InChI=1S/C21H27NO4/c1-5-26-19-9-7-6-8-16(19)10-13-21(23)22-15(2)18-14-17(24-3)11-12-20(18)25-4/h6-9,11-12,14-15H,5,10,13H2,1-4H3,(H,22,23). The second kappa shape index (κ2) is 9.70. The summed E-state index contributed by atoms with van der Waals surface area (Å²) in [6.45, 7) is 4.49. The number of carbonyl (C=O) groups is 1. The van der Waals surface area contributed by atoms with E-state index in [4.69, 9.17) is 14.2 Å². The van der Waals surface area contributed by atoms with Crippen molar-refractivity contribution >= 4 is 5.91 Å². The van der Waals surface area contributed by atoms with E-state index in [1.165, 1.54) is 0 Å². The Kier molecular flexibility index (Phi) is 7.33. The second-order valence-electron chi connectivity index (χ2n) is 5.94. The molecule has 140 valence electrons. The Balaban J connectivity index is 2.00. The quantitative estimate of drug-likeness (QED) is 0.739. The van der Waals surface area contributed by atoms with Crippen molar-refractivity contribution in [1.82, 2.24) is 5.32 Å². The van der Waals surface area contributed by atoms with Crippen LogP contribution in [0.4, 0.5) is 0 Å². The Morgan fingerprint density at radius 2 is 1.85 bits per heavy atom. The monoisotopic (exact) mass is 357 g/mol. The van der Waals surface area contributed by atoms with Gasteiger partial charge in [-0.15, -0.1) is 0 Å². The molecule has 2 aromatic rings. The van der Waals surface area contributed by atoms with Gasteiger partial charge >= 0.3 is 0 Å². The summed E-state index contributed by atoms with van der Waals surface area (Å²) in [6, 6.07) is 13.2. The van der Waals surface area contributed by atoms with Crippen LogP contribution in [0.5, 0.6) is 17.2 Å². The third kappa shape index (κ3) is 5.15. The number of nitrogens with one attached hydrogen (secondary N) is 1. The van der Waals surface area contributed by atoms with Crippen molar-refractivity contribution in [3.63, 3.8) is 0 Å². The van der Waals surface area contributed by atoms with Crippen LogP contribution in [0.25, 0.3) is 0 Å². The molecule has 0 spiro atoms. The van der Waals surface area contributed by atoms with Crippen LogP contribution in [0.2, 0.25) is 0 Å². The predicted molar refractivity (Wildman–Crippen MR) is 102 cm³/mol. The van der Waals surface area contributed by atoms with Crippen molar-refractivity contribution in [2.75, 3.05) is 20.8 Å². The largest absolute Gasteiger partial charge is 0.497 e. The van der Waals surface area contributed by atoms with Crippen molar-refractivity contribution < 1.29 is 19.0 Å². The number of carbonyl (C=O) groups excluding carboxylic acids is 1. The van der Waals surface area contributed by atoms with E-state index in [1.807, 2.05) is 56.3 Å². The first-order valence-electron chi connectivity index (χ1n) is 8.81. The molecule has 0 saturated heterocycles. The normalized spacial score (nSPS) is 11.5. The molecular weight excluding hydrogens is 330 g/mol. The highest BCUT2D eigenvalue weighted by molar-refractivity contribution is 5.77. The lowest BCUT2D eigenvalue weighted by Gasteiger charge is -2.18.